The Balaban J connectivity index is 0.000000147. The third kappa shape index (κ3) is 3.68. The zero-order valence-electron chi connectivity index (χ0n) is 11.2. The van der Waals surface area contributed by atoms with Crippen LogP contribution in [0.4, 0.5) is 11.4 Å². The molecule has 1 aliphatic rings. The van der Waals surface area contributed by atoms with Crippen LogP contribution in [-0.4, -0.2) is 19.0 Å². The van der Waals surface area contributed by atoms with Gasteiger partial charge in [0.15, 0.2) is 0 Å². The molecule has 0 aromatic heterocycles. The number of nitrogens with zero attached hydrogens (tertiary/aromatic N) is 2. The van der Waals surface area contributed by atoms with E-state index in [0.717, 1.165) is 11.4 Å². The van der Waals surface area contributed by atoms with Gasteiger partial charge < -0.3 is 9.84 Å². The van der Waals surface area contributed by atoms with Gasteiger partial charge in [0.2, 0.25) is 0 Å². The van der Waals surface area contributed by atoms with Crippen LogP contribution in [0.1, 0.15) is 6.92 Å². The molecule has 3 rings (SSSR count). The lowest BCUT2D eigenvalue weighted by atomic mass is 10.3. The fourth-order valence-electron chi connectivity index (χ4n) is 1.65. The van der Waals surface area contributed by atoms with Crippen LogP contribution in [0.25, 0.3) is 0 Å². The summed E-state index contributed by atoms with van der Waals surface area (Å²) in [6.07, 6.45) is 3.37. The molecule has 20 heavy (non-hydrogen) atoms. The first-order valence-corrected chi connectivity index (χ1v) is 6.30. The van der Waals surface area contributed by atoms with Crippen LogP contribution >= 0.6 is 0 Å². The van der Waals surface area contributed by atoms with E-state index in [9.17, 15) is 5.11 Å². The lowest BCUT2D eigenvalue weighted by Gasteiger charge is -2.09. The third-order valence-corrected chi connectivity index (χ3v) is 2.54. The van der Waals surface area contributed by atoms with Crippen LogP contribution in [0.3, 0.4) is 0 Å². The third-order valence-electron chi connectivity index (χ3n) is 2.54. The monoisotopic (exact) mass is 267 g/mol. The Labute approximate surface area is 118 Å². The Hall–Kier alpha value is -2.62. The Morgan fingerprint density at radius 2 is 1.90 bits per heavy atom. The lowest BCUT2D eigenvalue weighted by Crippen LogP contribution is -2.01. The number of aliphatic imine (C=N–C) groups is 2. The summed E-state index contributed by atoms with van der Waals surface area (Å²) in [5.74, 6) is 0.852. The van der Waals surface area contributed by atoms with Crippen LogP contribution in [0, 0.1) is 0 Å². The molecule has 0 saturated heterocycles. The average molecular weight is 267 g/mol. The number of hydrogen-bond acceptors (Lipinski definition) is 4. The van der Waals surface area contributed by atoms with Gasteiger partial charge >= 0.3 is 0 Å². The van der Waals surface area contributed by atoms with E-state index in [-0.39, 0.29) is 5.75 Å². The molecule has 0 spiro atoms. The van der Waals surface area contributed by atoms with E-state index in [0.29, 0.717) is 12.3 Å². The van der Waals surface area contributed by atoms with Crippen molar-refractivity contribution in [1.29, 1.82) is 0 Å². The van der Waals surface area contributed by atoms with Crippen LogP contribution in [0.2, 0.25) is 0 Å². The summed E-state index contributed by atoms with van der Waals surface area (Å²) in [7, 11) is 0. The molecular formula is C16H15N2O2-. The van der Waals surface area contributed by atoms with E-state index < -0.39 is 0 Å². The fourth-order valence-corrected chi connectivity index (χ4v) is 1.65. The minimum atomic E-state index is -0.0272. The van der Waals surface area contributed by atoms with Gasteiger partial charge in [-0.3, -0.25) is 9.98 Å². The van der Waals surface area contributed by atoms with Gasteiger partial charge in [-0.15, -0.1) is 0 Å². The molecule has 0 atom stereocenters. The summed E-state index contributed by atoms with van der Waals surface area (Å²) in [6, 6.07) is 14.5. The molecule has 0 aliphatic carbocycles. The molecule has 0 bridgehead atoms. The van der Waals surface area contributed by atoms with E-state index in [1.165, 1.54) is 6.07 Å². The highest BCUT2D eigenvalue weighted by molar-refractivity contribution is 5.70. The minimum absolute atomic E-state index is 0.0272. The Morgan fingerprint density at radius 3 is 2.65 bits per heavy atom. The number of ether oxygens (including phenoxy) is 1. The molecule has 0 saturated carbocycles. The van der Waals surface area contributed by atoms with Crippen molar-refractivity contribution >= 4 is 23.8 Å². The summed E-state index contributed by atoms with van der Waals surface area (Å²) >= 11 is 0. The van der Waals surface area contributed by atoms with Crippen LogP contribution < -0.4 is 9.84 Å². The highest BCUT2D eigenvalue weighted by atomic mass is 16.5. The Bertz CT molecular complexity index is 615. The number of para-hydroxylation sites is 4. The van der Waals surface area contributed by atoms with Crippen LogP contribution in [-0.2, 0) is 0 Å². The second-order valence-corrected chi connectivity index (χ2v) is 3.95. The molecule has 2 aromatic carbocycles. The predicted molar refractivity (Wildman–Crippen MR) is 79.8 cm³/mol. The minimum Gasteiger partial charge on any atom is -0.871 e. The second-order valence-electron chi connectivity index (χ2n) is 3.95. The molecule has 0 unspecified atom stereocenters. The van der Waals surface area contributed by atoms with Crippen molar-refractivity contribution in [2.24, 2.45) is 9.98 Å². The second kappa shape index (κ2) is 7.09. The van der Waals surface area contributed by atoms with Gasteiger partial charge in [-0.25, -0.2) is 0 Å². The van der Waals surface area contributed by atoms with Gasteiger partial charge in [-0.2, -0.15) is 0 Å². The molecular weight excluding hydrogens is 252 g/mol. The fraction of sp³-hybridized carbons (Fsp3) is 0.125. The molecule has 1 heterocycles. The zero-order chi connectivity index (χ0) is 14.2. The summed E-state index contributed by atoms with van der Waals surface area (Å²) < 4.78 is 5.27. The van der Waals surface area contributed by atoms with Crippen molar-refractivity contribution in [3.63, 3.8) is 0 Å². The number of rotatable bonds is 1. The first-order chi connectivity index (χ1) is 9.81. The summed E-state index contributed by atoms with van der Waals surface area (Å²) in [5, 5.41) is 10.9. The number of benzene rings is 2. The lowest BCUT2D eigenvalue weighted by molar-refractivity contribution is -0.267. The largest absolute Gasteiger partial charge is 0.871 e. The smallest absolute Gasteiger partial charge is 0.145 e. The van der Waals surface area contributed by atoms with Crippen molar-refractivity contribution in [2.75, 3.05) is 6.61 Å². The highest BCUT2D eigenvalue weighted by Crippen LogP contribution is 2.27. The maximum Gasteiger partial charge on any atom is 0.145 e. The molecule has 2 aromatic rings. The zero-order valence-corrected chi connectivity index (χ0v) is 11.2. The SMILES string of the molecule is C1=Nc2ccccc2OC1.CC=Nc1ccccc1[O-]. The Kier molecular flexibility index (Phi) is 4.89. The molecule has 4 nitrogen and oxygen atoms in total. The molecule has 0 N–H and O–H groups in total. The van der Waals surface area contributed by atoms with E-state index in [2.05, 4.69) is 9.98 Å². The average Bonchev–Trinajstić information content (AvgIpc) is 2.51. The van der Waals surface area contributed by atoms with Crippen molar-refractivity contribution in [1.82, 2.24) is 0 Å². The van der Waals surface area contributed by atoms with Crippen molar-refractivity contribution in [3.05, 3.63) is 48.5 Å². The number of hydrogen-bond donors (Lipinski definition) is 0. The first kappa shape index (κ1) is 13.8. The first-order valence-electron chi connectivity index (χ1n) is 6.30. The van der Waals surface area contributed by atoms with Crippen molar-refractivity contribution < 1.29 is 9.84 Å². The number of fused-ring (bicyclic) bond motifs is 1. The maximum atomic E-state index is 10.9. The predicted octanol–water partition coefficient (Wildman–Crippen LogP) is 3.26. The van der Waals surface area contributed by atoms with Gasteiger partial charge in [-0.1, -0.05) is 36.1 Å². The van der Waals surface area contributed by atoms with Gasteiger partial charge in [0.05, 0.1) is 5.69 Å². The standard InChI is InChI=1S/C8H7NO.C8H9NO/c1-2-4-8-7(3-1)9-5-6-10-8;1-2-9-7-5-3-4-6-8(7)10/h1-5H,6H2;2-6,10H,1H3/p-1. The van der Waals surface area contributed by atoms with Crippen LogP contribution in [0.15, 0.2) is 58.5 Å². The van der Waals surface area contributed by atoms with Gasteiger partial charge in [-0.05, 0) is 25.1 Å². The molecule has 4 heteroatoms. The van der Waals surface area contributed by atoms with Crippen molar-refractivity contribution in [2.45, 2.75) is 6.92 Å². The van der Waals surface area contributed by atoms with E-state index >= 15 is 0 Å². The summed E-state index contributed by atoms with van der Waals surface area (Å²) in [5.41, 5.74) is 1.43. The summed E-state index contributed by atoms with van der Waals surface area (Å²) in [4.78, 5) is 8.01. The summed E-state index contributed by atoms with van der Waals surface area (Å²) in [6.45, 7) is 2.38. The Morgan fingerprint density at radius 1 is 1.15 bits per heavy atom. The van der Waals surface area contributed by atoms with Gasteiger partial charge in [0.1, 0.15) is 18.0 Å². The maximum absolute atomic E-state index is 10.9. The van der Waals surface area contributed by atoms with E-state index in [4.69, 9.17) is 4.74 Å². The normalized spacial score (nSPS) is 12.2. The van der Waals surface area contributed by atoms with Gasteiger partial charge in [0, 0.05) is 12.4 Å². The van der Waals surface area contributed by atoms with Crippen LogP contribution in [0.5, 0.6) is 11.5 Å². The molecule has 102 valence electrons. The quantitative estimate of drug-likeness (QED) is 0.744. The van der Waals surface area contributed by atoms with Gasteiger partial charge in [0.25, 0.3) is 0 Å². The van der Waals surface area contributed by atoms with E-state index in [1.807, 2.05) is 24.3 Å². The molecule has 0 fully saturated rings. The molecule has 0 radical (unpaired) electrons. The highest BCUT2D eigenvalue weighted by Gasteiger charge is 2.02. The van der Waals surface area contributed by atoms with E-state index in [1.54, 1.807) is 37.6 Å². The topological polar surface area (TPSA) is 57.0 Å². The molecule has 1 aliphatic heterocycles. The molecule has 0 amide bonds. The van der Waals surface area contributed by atoms with Crippen molar-refractivity contribution in [3.8, 4) is 11.5 Å².